The average molecular weight is 809 g/mol. The Morgan fingerprint density at radius 3 is 0.778 bits per heavy atom. The predicted octanol–water partition coefficient (Wildman–Crippen LogP) is 7.53. The van der Waals surface area contributed by atoms with Crippen LogP contribution in [0, 0.1) is 11.8 Å². The molecule has 0 radical (unpaired) electrons. The summed E-state index contributed by atoms with van der Waals surface area (Å²) in [5.74, 6) is -5.65. The van der Waals surface area contributed by atoms with Gasteiger partial charge in [-0.15, -0.1) is 0 Å². The molecule has 0 saturated heterocycles. The van der Waals surface area contributed by atoms with Gasteiger partial charge in [0, 0.05) is 23.6 Å². The maximum Gasteiger partial charge on any atom is 0.407 e. The normalized spacial score (nSPS) is 14.1. The molecule has 0 aliphatic heterocycles. The van der Waals surface area contributed by atoms with Gasteiger partial charge < -0.3 is 39.1 Å². The zero-order valence-corrected chi connectivity index (χ0v) is 37.5. The van der Waals surface area contributed by atoms with E-state index in [1.807, 2.05) is 0 Å². The van der Waals surface area contributed by atoms with E-state index in [0.29, 0.717) is 0 Å². The molecule has 0 aliphatic rings. The fraction of sp³-hybridized carbons (Fsp3) is 0.842. The van der Waals surface area contributed by atoms with Crippen molar-refractivity contribution in [3.05, 3.63) is 0 Å². The number of hydrogen-bond acceptors (Lipinski definition) is 14. The molecule has 16 heteroatoms. The van der Waals surface area contributed by atoms with Crippen molar-refractivity contribution < 1.29 is 57.2 Å². The first-order chi connectivity index (χ1) is 24.0. The van der Waals surface area contributed by atoms with Crippen LogP contribution in [0.2, 0.25) is 0 Å². The average Bonchev–Trinajstić information content (AvgIpc) is 2.85. The van der Waals surface area contributed by atoms with Crippen LogP contribution in [0.5, 0.6) is 0 Å². The summed E-state index contributed by atoms with van der Waals surface area (Å²) in [6, 6.07) is -1.59. The summed E-state index contributed by atoms with van der Waals surface area (Å²) in [7, 11) is 2.53. The Labute approximate surface area is 331 Å². The molecular weight excluding hydrogens is 741 g/mol. The molecule has 2 N–H and O–H groups in total. The summed E-state index contributed by atoms with van der Waals surface area (Å²) in [6.45, 7) is 30.4. The van der Waals surface area contributed by atoms with Gasteiger partial charge in [0.2, 0.25) is 0 Å². The molecule has 0 aromatic carbocycles. The highest BCUT2D eigenvalue weighted by molar-refractivity contribution is 8.76. The molecular formula is C38H68N2O12S2. The van der Waals surface area contributed by atoms with E-state index < -0.39 is 93.6 Å². The number of ether oxygens (including phenoxy) is 6. The molecule has 54 heavy (non-hydrogen) atoms. The largest absolute Gasteiger partial charge is 0.459 e. The quantitative estimate of drug-likeness (QED) is 0.0544. The van der Waals surface area contributed by atoms with Gasteiger partial charge in [0.05, 0.1) is 0 Å². The third kappa shape index (κ3) is 26.0. The molecule has 0 aromatic heterocycles. The van der Waals surface area contributed by atoms with Crippen molar-refractivity contribution in [2.75, 3.05) is 11.5 Å². The van der Waals surface area contributed by atoms with Crippen LogP contribution in [0.1, 0.15) is 137 Å². The Morgan fingerprint density at radius 2 is 0.593 bits per heavy atom. The molecule has 0 fully saturated rings. The van der Waals surface area contributed by atoms with E-state index in [-0.39, 0.29) is 24.3 Å². The molecule has 0 heterocycles. The first-order valence-corrected chi connectivity index (χ1v) is 20.6. The lowest BCUT2D eigenvalue weighted by molar-refractivity contribution is -0.177. The third-order valence-corrected chi connectivity index (χ3v) is 8.43. The molecule has 2 atom stereocenters. The fourth-order valence-electron chi connectivity index (χ4n) is 4.18. The summed E-state index contributed by atoms with van der Waals surface area (Å²) in [6.07, 6.45) is -1.86. The number of nitrogens with one attached hydrogen (secondary N) is 2. The second kappa shape index (κ2) is 20.3. The number of esters is 4. The van der Waals surface area contributed by atoms with Crippen LogP contribution >= 0.6 is 21.6 Å². The van der Waals surface area contributed by atoms with E-state index in [4.69, 9.17) is 28.4 Å². The molecule has 0 aromatic rings. The van der Waals surface area contributed by atoms with Crippen molar-refractivity contribution >= 4 is 57.7 Å². The van der Waals surface area contributed by atoms with E-state index in [0.717, 1.165) is 0 Å². The van der Waals surface area contributed by atoms with Crippen LogP contribution in [0.3, 0.4) is 0 Å². The lowest BCUT2D eigenvalue weighted by Gasteiger charge is -2.29. The summed E-state index contributed by atoms with van der Waals surface area (Å²) in [4.78, 5) is 79.2. The lowest BCUT2D eigenvalue weighted by atomic mass is 9.99. The van der Waals surface area contributed by atoms with Crippen molar-refractivity contribution in [3.8, 4) is 0 Å². The second-order valence-electron chi connectivity index (χ2n) is 19.0. The van der Waals surface area contributed by atoms with Crippen LogP contribution in [0.4, 0.5) is 9.59 Å². The lowest BCUT2D eigenvalue weighted by Crippen LogP contribution is -2.45. The van der Waals surface area contributed by atoms with Crippen molar-refractivity contribution in [2.24, 2.45) is 11.8 Å². The fourth-order valence-corrected chi connectivity index (χ4v) is 6.71. The molecule has 2 amide bonds. The van der Waals surface area contributed by atoms with Crippen LogP contribution < -0.4 is 10.6 Å². The summed E-state index contributed by atoms with van der Waals surface area (Å²) < 4.78 is 33.2. The Kier molecular flexibility index (Phi) is 19.2. The van der Waals surface area contributed by atoms with Crippen molar-refractivity contribution in [1.29, 1.82) is 0 Å². The minimum atomic E-state index is -1.38. The summed E-state index contributed by atoms with van der Waals surface area (Å²) in [5, 5.41) is 5.54. The van der Waals surface area contributed by atoms with E-state index in [1.54, 1.807) is 125 Å². The topological polar surface area (TPSA) is 182 Å². The monoisotopic (exact) mass is 808 g/mol. The van der Waals surface area contributed by atoms with E-state index in [9.17, 15) is 28.8 Å². The Morgan fingerprint density at radius 1 is 0.389 bits per heavy atom. The van der Waals surface area contributed by atoms with Crippen LogP contribution in [0.15, 0.2) is 0 Å². The van der Waals surface area contributed by atoms with Crippen LogP contribution in [-0.2, 0) is 47.6 Å². The molecule has 0 aliphatic carbocycles. The van der Waals surface area contributed by atoms with Gasteiger partial charge in [-0.2, -0.15) is 0 Å². The number of rotatable bonds is 15. The predicted molar refractivity (Wildman–Crippen MR) is 211 cm³/mol. The maximum atomic E-state index is 13.3. The standard InChI is InChI=1S/C38H68N2O12S2/c1-33(2,3)47-27(41)25(28(42)48-34(4,5)6)19-23(39-31(45)51-37(13,14)15)21-53-54-22-24(40-32(46)52-38(16,17)18)20-26(29(43)49-35(7,8)9)30(44)50-36(10,11)12/h23-26H,19-22H2,1-18H3,(H,39,45)(H,40,46). The van der Waals surface area contributed by atoms with Gasteiger partial charge in [-0.1, -0.05) is 21.6 Å². The van der Waals surface area contributed by atoms with Gasteiger partial charge in [-0.3, -0.25) is 19.2 Å². The molecule has 14 nitrogen and oxygen atoms in total. The maximum absolute atomic E-state index is 13.3. The Bertz CT molecular complexity index is 1130. The van der Waals surface area contributed by atoms with Gasteiger partial charge >= 0.3 is 36.1 Å². The minimum Gasteiger partial charge on any atom is -0.459 e. The number of hydrogen-bond donors (Lipinski definition) is 2. The highest BCUT2D eigenvalue weighted by Crippen LogP contribution is 2.29. The van der Waals surface area contributed by atoms with Crippen molar-refractivity contribution in [1.82, 2.24) is 10.6 Å². The number of amides is 2. The minimum absolute atomic E-state index is 0.159. The number of alkyl carbamates (subject to hydrolysis) is 2. The van der Waals surface area contributed by atoms with Gasteiger partial charge in [-0.05, 0) is 137 Å². The highest BCUT2D eigenvalue weighted by atomic mass is 33.1. The first kappa shape index (κ1) is 51.1. The zero-order valence-electron chi connectivity index (χ0n) is 35.9. The van der Waals surface area contributed by atoms with Gasteiger partial charge in [0.25, 0.3) is 0 Å². The highest BCUT2D eigenvalue weighted by Gasteiger charge is 2.39. The Hall–Kier alpha value is -2.88. The van der Waals surface area contributed by atoms with Crippen LogP contribution in [-0.4, -0.2) is 93.3 Å². The SMILES string of the molecule is CC(C)(C)OC(=O)NC(CSSCC(CC(C(=O)OC(C)(C)C)C(=O)OC(C)(C)C)NC(=O)OC(C)(C)C)CC(C(=O)OC(C)(C)C)C(=O)OC(C)(C)C. The van der Waals surface area contributed by atoms with Crippen LogP contribution in [0.25, 0.3) is 0 Å². The Balaban J connectivity index is 6.47. The smallest absolute Gasteiger partial charge is 0.407 e. The van der Waals surface area contributed by atoms with Gasteiger partial charge in [-0.25, -0.2) is 9.59 Å². The first-order valence-electron chi connectivity index (χ1n) is 18.1. The van der Waals surface area contributed by atoms with E-state index in [2.05, 4.69) is 10.6 Å². The van der Waals surface area contributed by atoms with Gasteiger partial charge in [0.15, 0.2) is 11.8 Å². The molecule has 0 spiro atoms. The number of carbonyl (C=O) groups is 6. The van der Waals surface area contributed by atoms with Gasteiger partial charge in [0.1, 0.15) is 33.6 Å². The third-order valence-electron chi connectivity index (χ3n) is 5.87. The molecule has 2 unspecified atom stereocenters. The zero-order chi connectivity index (χ0) is 42.7. The molecule has 314 valence electrons. The molecule has 0 saturated carbocycles. The van der Waals surface area contributed by atoms with E-state index in [1.165, 1.54) is 21.6 Å². The summed E-state index contributed by atoms with van der Waals surface area (Å²) in [5.41, 5.74) is -5.26. The van der Waals surface area contributed by atoms with Crippen molar-refractivity contribution in [3.63, 3.8) is 0 Å². The van der Waals surface area contributed by atoms with Crippen molar-refractivity contribution in [2.45, 2.75) is 183 Å². The van der Waals surface area contributed by atoms with E-state index >= 15 is 0 Å². The number of carbonyl (C=O) groups excluding carboxylic acids is 6. The summed E-state index contributed by atoms with van der Waals surface area (Å²) >= 11 is 0. The second-order valence-corrected chi connectivity index (χ2v) is 21.5. The molecule has 0 rings (SSSR count). The molecule has 0 bridgehead atoms.